The molecule has 3 atom stereocenters. The Kier molecular flexibility index (Phi) is 4.61. The van der Waals surface area contributed by atoms with Crippen LogP contribution in [0.15, 0.2) is 0 Å². The van der Waals surface area contributed by atoms with Crippen LogP contribution in [0.1, 0.15) is 20.8 Å². The number of imide groups is 2. The fraction of sp³-hybridized carbons (Fsp3) is 0.727. The molecule has 1 N–H and O–H groups in total. The fourth-order valence-electron chi connectivity index (χ4n) is 1.75. The highest BCUT2D eigenvalue weighted by Gasteiger charge is 2.42. The highest BCUT2D eigenvalue weighted by molar-refractivity contribution is 7.84. The van der Waals surface area contributed by atoms with Crippen LogP contribution in [0, 0.1) is 11.8 Å². The van der Waals surface area contributed by atoms with Gasteiger partial charge in [-0.2, -0.15) is 0 Å². The summed E-state index contributed by atoms with van der Waals surface area (Å²) in [6.45, 7) is 5.25. The lowest BCUT2D eigenvalue weighted by Gasteiger charge is -2.32. The number of nitrogens with one attached hydrogen (secondary N) is 1. The number of hydrogen-bond acceptors (Lipinski definition) is 4. The van der Waals surface area contributed by atoms with Gasteiger partial charge in [-0.1, -0.05) is 13.8 Å². The lowest BCUT2D eigenvalue weighted by atomic mass is 9.92. The van der Waals surface area contributed by atoms with Gasteiger partial charge in [0, 0.05) is 28.9 Å². The number of rotatable bonds is 4. The van der Waals surface area contributed by atoms with Gasteiger partial charge in [-0.3, -0.25) is 24.0 Å². The second-order valence-electron chi connectivity index (χ2n) is 4.77. The summed E-state index contributed by atoms with van der Waals surface area (Å²) < 4.78 is 11.3. The van der Waals surface area contributed by atoms with Gasteiger partial charge in [-0.25, -0.2) is 4.79 Å². The Hall–Kier alpha value is -1.24. The maximum Gasteiger partial charge on any atom is 0.330 e. The zero-order chi connectivity index (χ0) is 14.0. The van der Waals surface area contributed by atoms with Gasteiger partial charge in [0.25, 0.3) is 0 Å². The van der Waals surface area contributed by atoms with Gasteiger partial charge >= 0.3 is 6.03 Å². The average molecular weight is 274 g/mol. The first kappa shape index (κ1) is 14.8. The molecule has 1 aliphatic heterocycles. The third-order valence-corrected chi connectivity index (χ3v) is 4.25. The number of nitrogens with zero attached hydrogens (tertiary/aromatic N) is 1. The molecule has 1 heterocycles. The molecule has 1 rings (SSSR count). The first-order valence-electron chi connectivity index (χ1n) is 5.74. The fourth-order valence-corrected chi connectivity index (χ4v) is 2.11. The van der Waals surface area contributed by atoms with E-state index in [4.69, 9.17) is 0 Å². The van der Waals surface area contributed by atoms with Crippen molar-refractivity contribution in [1.82, 2.24) is 10.2 Å². The lowest BCUT2D eigenvalue weighted by molar-refractivity contribution is -0.144. The van der Waals surface area contributed by atoms with Crippen molar-refractivity contribution >= 4 is 28.6 Å². The van der Waals surface area contributed by atoms with E-state index in [1.807, 2.05) is 0 Å². The molecule has 4 amide bonds. The first-order chi connectivity index (χ1) is 8.25. The van der Waals surface area contributed by atoms with Gasteiger partial charge in [-0.15, -0.1) is 0 Å². The molecular formula is C11H18N2O4S. The van der Waals surface area contributed by atoms with Crippen molar-refractivity contribution in [2.75, 3.05) is 12.8 Å². The summed E-state index contributed by atoms with van der Waals surface area (Å²) >= 11 is 0. The maximum absolute atomic E-state index is 12.1. The van der Waals surface area contributed by atoms with E-state index in [2.05, 4.69) is 5.32 Å². The van der Waals surface area contributed by atoms with Crippen molar-refractivity contribution in [1.29, 1.82) is 0 Å². The summed E-state index contributed by atoms with van der Waals surface area (Å²) in [7, 11) is -1.13. The molecule has 0 aromatic carbocycles. The van der Waals surface area contributed by atoms with Crippen LogP contribution in [0.2, 0.25) is 0 Å². The van der Waals surface area contributed by atoms with Crippen molar-refractivity contribution in [2.24, 2.45) is 11.8 Å². The minimum absolute atomic E-state index is 0.0598. The molecule has 7 heteroatoms. The molecule has 1 fully saturated rings. The van der Waals surface area contributed by atoms with Gasteiger partial charge in [0.1, 0.15) is 5.92 Å². The van der Waals surface area contributed by atoms with Crippen LogP contribution in [0.25, 0.3) is 0 Å². The SMILES string of the molecule is CC(C)C1C(=O)NC(=O)N(CC(C)S(C)=O)C1=O. The van der Waals surface area contributed by atoms with Gasteiger partial charge in [0.2, 0.25) is 11.8 Å². The normalized spacial score (nSPS) is 24.2. The van der Waals surface area contributed by atoms with Crippen molar-refractivity contribution < 1.29 is 18.6 Å². The summed E-state index contributed by atoms with van der Waals surface area (Å²) in [6, 6.07) is -0.723. The Morgan fingerprint density at radius 3 is 2.28 bits per heavy atom. The average Bonchev–Trinajstić information content (AvgIpc) is 2.22. The number of amides is 4. The molecule has 1 aliphatic rings. The molecule has 6 nitrogen and oxygen atoms in total. The molecule has 18 heavy (non-hydrogen) atoms. The number of hydrogen-bond donors (Lipinski definition) is 1. The molecule has 0 spiro atoms. The van der Waals surface area contributed by atoms with Gasteiger partial charge in [0.05, 0.1) is 0 Å². The zero-order valence-electron chi connectivity index (χ0n) is 10.9. The van der Waals surface area contributed by atoms with Crippen LogP contribution < -0.4 is 5.32 Å². The second kappa shape index (κ2) is 5.60. The quantitative estimate of drug-likeness (QED) is 0.737. The van der Waals surface area contributed by atoms with E-state index in [-0.39, 0.29) is 17.7 Å². The smallest absolute Gasteiger partial charge is 0.277 e. The van der Waals surface area contributed by atoms with Crippen molar-refractivity contribution in [2.45, 2.75) is 26.0 Å². The van der Waals surface area contributed by atoms with Gasteiger partial charge in [0.15, 0.2) is 0 Å². The molecule has 0 aliphatic carbocycles. The minimum Gasteiger partial charge on any atom is -0.277 e. The zero-order valence-corrected chi connectivity index (χ0v) is 11.7. The molecular weight excluding hydrogens is 256 g/mol. The number of carbonyl (C=O) groups is 3. The van der Waals surface area contributed by atoms with E-state index < -0.39 is 34.6 Å². The van der Waals surface area contributed by atoms with Crippen molar-refractivity contribution in [3.63, 3.8) is 0 Å². The Bertz CT molecular complexity index is 408. The van der Waals surface area contributed by atoms with Crippen LogP contribution >= 0.6 is 0 Å². The van der Waals surface area contributed by atoms with Crippen molar-refractivity contribution in [3.05, 3.63) is 0 Å². The Balaban J connectivity index is 2.90. The Morgan fingerprint density at radius 1 is 1.28 bits per heavy atom. The largest absolute Gasteiger partial charge is 0.330 e. The number of carbonyl (C=O) groups excluding carboxylic acids is 3. The highest BCUT2D eigenvalue weighted by atomic mass is 32.2. The van der Waals surface area contributed by atoms with E-state index in [9.17, 15) is 18.6 Å². The second-order valence-corrected chi connectivity index (χ2v) is 6.58. The standard InChI is InChI=1S/C11H18N2O4S/c1-6(2)8-9(14)12-11(16)13(10(8)15)5-7(3)18(4)17/h6-8H,5H2,1-4H3,(H,12,14,16). The third kappa shape index (κ3) is 2.95. The van der Waals surface area contributed by atoms with Crippen LogP contribution in [0.5, 0.6) is 0 Å². The van der Waals surface area contributed by atoms with Crippen LogP contribution in [0.3, 0.4) is 0 Å². The van der Waals surface area contributed by atoms with Crippen LogP contribution in [0.4, 0.5) is 4.79 Å². The number of urea groups is 1. The Morgan fingerprint density at radius 2 is 1.83 bits per heavy atom. The third-order valence-electron chi connectivity index (χ3n) is 2.96. The molecule has 0 aromatic rings. The molecule has 0 radical (unpaired) electrons. The van der Waals surface area contributed by atoms with E-state index in [0.717, 1.165) is 4.90 Å². The van der Waals surface area contributed by atoms with E-state index in [1.54, 1.807) is 20.8 Å². The first-order valence-corrected chi connectivity index (χ1v) is 7.36. The summed E-state index contributed by atoms with van der Waals surface area (Å²) in [6.07, 6.45) is 1.52. The molecule has 1 saturated heterocycles. The topological polar surface area (TPSA) is 83.6 Å². The van der Waals surface area contributed by atoms with Crippen LogP contribution in [-0.4, -0.2) is 45.0 Å². The lowest BCUT2D eigenvalue weighted by Crippen LogP contribution is -2.60. The molecule has 102 valence electrons. The minimum atomic E-state index is -1.13. The van der Waals surface area contributed by atoms with Gasteiger partial charge in [-0.05, 0) is 12.8 Å². The highest BCUT2D eigenvalue weighted by Crippen LogP contribution is 2.19. The van der Waals surface area contributed by atoms with Gasteiger partial charge < -0.3 is 0 Å². The Labute approximate surface area is 109 Å². The molecule has 0 bridgehead atoms. The monoisotopic (exact) mass is 274 g/mol. The number of barbiturate groups is 1. The molecule has 0 aromatic heterocycles. The summed E-state index contributed by atoms with van der Waals surface area (Å²) in [5.74, 6) is -2.09. The predicted octanol–water partition coefficient (Wildman–Crippen LogP) is 0.104. The molecule has 3 unspecified atom stereocenters. The summed E-state index contributed by atoms with van der Waals surface area (Å²) in [5, 5.41) is 1.84. The van der Waals surface area contributed by atoms with E-state index in [0.29, 0.717) is 0 Å². The maximum atomic E-state index is 12.1. The van der Waals surface area contributed by atoms with Crippen molar-refractivity contribution in [3.8, 4) is 0 Å². The molecule has 0 saturated carbocycles. The van der Waals surface area contributed by atoms with E-state index in [1.165, 1.54) is 6.26 Å². The van der Waals surface area contributed by atoms with E-state index >= 15 is 0 Å². The summed E-state index contributed by atoms with van der Waals surface area (Å²) in [5.41, 5.74) is 0. The summed E-state index contributed by atoms with van der Waals surface area (Å²) in [4.78, 5) is 36.3. The van der Waals surface area contributed by atoms with Crippen LogP contribution in [-0.2, 0) is 20.4 Å². The predicted molar refractivity (Wildman–Crippen MR) is 67.1 cm³/mol.